The molecule has 1 heterocycles. The molecule has 0 saturated carbocycles. The number of aromatic hydroxyl groups is 1. The number of ether oxygens (including phenoxy) is 1. The number of phenolic OH excluding ortho intramolecular Hbond substituents is 1. The van der Waals surface area contributed by atoms with Gasteiger partial charge in [-0.2, -0.15) is 0 Å². The van der Waals surface area contributed by atoms with Crippen molar-refractivity contribution < 1.29 is 14.6 Å². The van der Waals surface area contributed by atoms with E-state index in [1.54, 1.807) is 14.0 Å². The second-order valence-electron chi connectivity index (χ2n) is 6.21. The topological polar surface area (TPSA) is 49.8 Å². The molecule has 2 aromatic rings. The summed E-state index contributed by atoms with van der Waals surface area (Å²) in [6, 6.07) is 10.0. The zero-order valence-electron chi connectivity index (χ0n) is 13.3. The third-order valence-electron chi connectivity index (χ3n) is 5.05. The van der Waals surface area contributed by atoms with Gasteiger partial charge in [0.2, 0.25) is 5.91 Å². The highest BCUT2D eigenvalue weighted by molar-refractivity contribution is 5.84. The molecule has 1 N–H and O–H groups in total. The lowest BCUT2D eigenvalue weighted by atomic mass is 9.76. The van der Waals surface area contributed by atoms with Gasteiger partial charge >= 0.3 is 0 Å². The maximum atomic E-state index is 12.1. The zero-order valence-corrected chi connectivity index (χ0v) is 13.3. The monoisotopic (exact) mass is 309 g/mol. The minimum atomic E-state index is -0.00189. The van der Waals surface area contributed by atoms with E-state index in [-0.39, 0.29) is 17.7 Å². The molecule has 1 atom stereocenters. The summed E-state index contributed by atoms with van der Waals surface area (Å²) in [4.78, 5) is 14.0. The molecule has 4 nitrogen and oxygen atoms in total. The van der Waals surface area contributed by atoms with Crippen LogP contribution in [0, 0.1) is 0 Å². The Morgan fingerprint density at radius 3 is 2.83 bits per heavy atom. The van der Waals surface area contributed by atoms with Gasteiger partial charge in [0, 0.05) is 19.0 Å². The van der Waals surface area contributed by atoms with Gasteiger partial charge in [0.1, 0.15) is 0 Å². The molecule has 1 aliphatic carbocycles. The first-order valence-electron chi connectivity index (χ1n) is 7.90. The minimum absolute atomic E-state index is 0.00189. The number of carbonyl (C=O) groups is 1. The molecule has 2 aliphatic rings. The molecule has 23 heavy (non-hydrogen) atoms. The second kappa shape index (κ2) is 5.01. The van der Waals surface area contributed by atoms with Gasteiger partial charge in [0.15, 0.2) is 11.5 Å². The molecule has 118 valence electrons. The summed E-state index contributed by atoms with van der Waals surface area (Å²) in [5.41, 5.74) is 5.29. The number of rotatable bonds is 1. The third kappa shape index (κ3) is 1.94. The molecule has 1 unspecified atom stereocenters. The van der Waals surface area contributed by atoms with Crippen molar-refractivity contribution in [1.29, 1.82) is 0 Å². The molecule has 0 saturated heterocycles. The first-order chi connectivity index (χ1) is 11.1. The van der Waals surface area contributed by atoms with Crippen LogP contribution in [-0.2, 0) is 17.6 Å². The molecule has 0 radical (unpaired) electrons. The van der Waals surface area contributed by atoms with Crippen molar-refractivity contribution in [3.8, 4) is 22.6 Å². The summed E-state index contributed by atoms with van der Waals surface area (Å²) >= 11 is 0. The first kappa shape index (κ1) is 14.1. The highest BCUT2D eigenvalue weighted by Gasteiger charge is 2.37. The summed E-state index contributed by atoms with van der Waals surface area (Å²) in [5.74, 6) is 0.764. The van der Waals surface area contributed by atoms with Gasteiger partial charge in [-0.05, 0) is 41.2 Å². The fourth-order valence-electron chi connectivity index (χ4n) is 4.02. The van der Waals surface area contributed by atoms with Crippen LogP contribution in [0.1, 0.15) is 29.7 Å². The Morgan fingerprint density at radius 1 is 1.30 bits per heavy atom. The third-order valence-corrected chi connectivity index (χ3v) is 5.05. The lowest BCUT2D eigenvalue weighted by Gasteiger charge is -2.41. The maximum absolute atomic E-state index is 12.1. The number of nitrogens with zero attached hydrogens (tertiary/aromatic N) is 1. The van der Waals surface area contributed by atoms with Crippen LogP contribution in [0.2, 0.25) is 0 Å². The van der Waals surface area contributed by atoms with Crippen molar-refractivity contribution in [2.75, 3.05) is 13.7 Å². The number of methoxy groups -OCH3 is 1. The Labute approximate surface area is 135 Å². The van der Waals surface area contributed by atoms with E-state index in [4.69, 9.17) is 4.74 Å². The van der Waals surface area contributed by atoms with Gasteiger partial charge in [0.05, 0.1) is 13.2 Å². The predicted octanol–water partition coefficient (Wildman–Crippen LogP) is 3.07. The predicted molar refractivity (Wildman–Crippen MR) is 87.6 cm³/mol. The molecule has 1 aliphatic heterocycles. The second-order valence-corrected chi connectivity index (χ2v) is 6.21. The van der Waals surface area contributed by atoms with Crippen molar-refractivity contribution in [3.05, 3.63) is 47.0 Å². The maximum Gasteiger partial charge on any atom is 0.219 e. The van der Waals surface area contributed by atoms with Crippen LogP contribution >= 0.6 is 0 Å². The molecule has 4 rings (SSSR count). The Morgan fingerprint density at radius 2 is 2.09 bits per heavy atom. The van der Waals surface area contributed by atoms with Crippen LogP contribution in [-0.4, -0.2) is 29.6 Å². The van der Waals surface area contributed by atoms with E-state index in [9.17, 15) is 9.90 Å². The van der Waals surface area contributed by atoms with Gasteiger partial charge in [0.25, 0.3) is 0 Å². The van der Waals surface area contributed by atoms with E-state index in [0.717, 1.165) is 35.1 Å². The molecule has 4 heteroatoms. The summed E-state index contributed by atoms with van der Waals surface area (Å²) < 4.78 is 5.37. The van der Waals surface area contributed by atoms with E-state index >= 15 is 0 Å². The minimum Gasteiger partial charge on any atom is -0.504 e. The van der Waals surface area contributed by atoms with E-state index in [1.165, 1.54) is 5.56 Å². The fraction of sp³-hybridized carbons (Fsp3) is 0.316. The van der Waals surface area contributed by atoms with Crippen LogP contribution in [0.4, 0.5) is 0 Å². The molecule has 0 fully saturated rings. The van der Waals surface area contributed by atoms with Gasteiger partial charge in [-0.1, -0.05) is 24.3 Å². The van der Waals surface area contributed by atoms with Crippen molar-refractivity contribution in [1.82, 2.24) is 4.90 Å². The summed E-state index contributed by atoms with van der Waals surface area (Å²) in [6.07, 6.45) is 1.58. The summed E-state index contributed by atoms with van der Waals surface area (Å²) in [5, 5.41) is 10.7. The van der Waals surface area contributed by atoms with Crippen LogP contribution in [0.25, 0.3) is 11.1 Å². The molecule has 0 spiro atoms. The lowest BCUT2D eigenvalue weighted by Crippen LogP contribution is -2.41. The molecular formula is C19H19NO3. The smallest absolute Gasteiger partial charge is 0.219 e. The van der Waals surface area contributed by atoms with Crippen molar-refractivity contribution in [3.63, 3.8) is 0 Å². The molecule has 0 bridgehead atoms. The number of carbonyl (C=O) groups excluding carboxylic acids is 1. The Bertz CT molecular complexity index is 813. The van der Waals surface area contributed by atoms with Crippen LogP contribution in [0.5, 0.6) is 11.5 Å². The van der Waals surface area contributed by atoms with Crippen molar-refractivity contribution in [2.24, 2.45) is 0 Å². The number of hydrogen-bond acceptors (Lipinski definition) is 3. The van der Waals surface area contributed by atoms with Gasteiger partial charge in [-0.15, -0.1) is 0 Å². The van der Waals surface area contributed by atoms with E-state index in [2.05, 4.69) is 6.07 Å². The SMILES string of the molecule is COc1cc2c3c(c1O)-c1ccccc1CC3N(C(C)=O)CC2. The van der Waals surface area contributed by atoms with Crippen LogP contribution in [0.15, 0.2) is 30.3 Å². The molecule has 2 aromatic carbocycles. The largest absolute Gasteiger partial charge is 0.504 e. The van der Waals surface area contributed by atoms with Crippen molar-refractivity contribution >= 4 is 5.91 Å². The number of hydrogen-bond donors (Lipinski definition) is 1. The Balaban J connectivity index is 2.04. The lowest BCUT2D eigenvalue weighted by molar-refractivity contribution is -0.131. The van der Waals surface area contributed by atoms with Crippen molar-refractivity contribution in [2.45, 2.75) is 25.8 Å². The quantitative estimate of drug-likeness (QED) is 0.881. The zero-order chi connectivity index (χ0) is 16.1. The highest BCUT2D eigenvalue weighted by atomic mass is 16.5. The van der Waals surface area contributed by atoms with Crippen LogP contribution < -0.4 is 4.74 Å². The normalized spacial score (nSPS) is 18.2. The Kier molecular flexibility index (Phi) is 3.08. The standard InChI is InChI=1S/C19H19NO3/c1-11(21)20-8-7-13-10-16(23-2)19(22)18-14-6-4-3-5-12(14)9-15(20)17(13)18/h3-6,10,15,22H,7-9H2,1-2H3. The average molecular weight is 309 g/mol. The number of fused-ring (bicyclic) bond motifs is 2. The van der Waals surface area contributed by atoms with E-state index < -0.39 is 0 Å². The fourth-order valence-corrected chi connectivity index (χ4v) is 4.02. The van der Waals surface area contributed by atoms with Gasteiger partial charge in [-0.3, -0.25) is 4.79 Å². The summed E-state index contributed by atoms with van der Waals surface area (Å²) in [7, 11) is 1.57. The first-order valence-corrected chi connectivity index (χ1v) is 7.90. The van der Waals surface area contributed by atoms with E-state index in [0.29, 0.717) is 12.3 Å². The average Bonchev–Trinajstić information content (AvgIpc) is 2.56. The Hall–Kier alpha value is -2.49. The molecular weight excluding hydrogens is 290 g/mol. The summed E-state index contributed by atoms with van der Waals surface area (Å²) in [6.45, 7) is 2.33. The molecule has 1 amide bonds. The van der Waals surface area contributed by atoms with Gasteiger partial charge in [-0.25, -0.2) is 0 Å². The molecule has 0 aromatic heterocycles. The van der Waals surface area contributed by atoms with Crippen LogP contribution in [0.3, 0.4) is 0 Å². The van der Waals surface area contributed by atoms with Gasteiger partial charge < -0.3 is 14.7 Å². The number of phenols is 1. The van der Waals surface area contributed by atoms with E-state index in [1.807, 2.05) is 29.2 Å². The number of amides is 1. The highest BCUT2D eigenvalue weighted by Crippen LogP contribution is 2.51. The number of benzene rings is 2.